The maximum atomic E-state index is 10.9. The molecule has 132 valence electrons. The van der Waals surface area contributed by atoms with Crippen molar-refractivity contribution >= 4 is 40.2 Å². The number of rotatable bonds is 16. The second-order valence-electron chi connectivity index (χ2n) is 6.28. The van der Waals surface area contributed by atoms with Crippen molar-refractivity contribution in [2.45, 2.75) is 110 Å². The minimum absolute atomic E-state index is 0. The summed E-state index contributed by atoms with van der Waals surface area (Å²) in [6.45, 7) is 2.28. The molecule has 0 rings (SSSR count). The molecule has 22 heavy (non-hydrogen) atoms. The van der Waals surface area contributed by atoms with Gasteiger partial charge < -0.3 is 4.65 Å². The van der Waals surface area contributed by atoms with Gasteiger partial charge in [0.1, 0.15) is 0 Å². The Balaban J connectivity index is 0. The number of unbranched alkanes of at least 4 members (excludes halogenated alkanes) is 14. The average Bonchev–Trinajstić information content (AvgIpc) is 2.50. The van der Waals surface area contributed by atoms with Crippen LogP contribution in [-0.4, -0.2) is 40.2 Å². The van der Waals surface area contributed by atoms with E-state index in [-0.39, 0.29) is 32.2 Å². The van der Waals surface area contributed by atoms with Gasteiger partial charge in [-0.3, -0.25) is 4.79 Å². The first-order valence-corrected chi connectivity index (χ1v) is 9.38. The zero-order valence-electron chi connectivity index (χ0n) is 15.3. The van der Waals surface area contributed by atoms with Crippen LogP contribution in [-0.2, 0) is 9.45 Å². The van der Waals surface area contributed by atoms with Gasteiger partial charge in [-0.05, 0) is 6.42 Å². The molecule has 0 bridgehead atoms. The van der Waals surface area contributed by atoms with Crippen LogP contribution >= 0.6 is 0 Å². The van der Waals surface area contributed by atoms with E-state index >= 15 is 0 Å². The Morgan fingerprint density at radius 3 is 1.32 bits per heavy atom. The SMILES string of the molecule is BOC(=O)CCCCCCCCCCCCCCCCC.[BiH3]. The van der Waals surface area contributed by atoms with Crippen molar-refractivity contribution in [3.05, 3.63) is 0 Å². The summed E-state index contributed by atoms with van der Waals surface area (Å²) in [5, 5.41) is 0. The van der Waals surface area contributed by atoms with Crippen molar-refractivity contribution in [2.24, 2.45) is 0 Å². The second-order valence-corrected chi connectivity index (χ2v) is 6.28. The summed E-state index contributed by atoms with van der Waals surface area (Å²) >= 11 is 0. The fourth-order valence-electron chi connectivity index (χ4n) is 2.74. The van der Waals surface area contributed by atoms with Gasteiger partial charge in [0.2, 0.25) is 0 Å². The van der Waals surface area contributed by atoms with E-state index in [9.17, 15) is 4.79 Å². The molecule has 0 spiro atoms. The molecule has 0 N–H and O–H groups in total. The molecule has 0 amide bonds. The molecule has 2 nitrogen and oxygen atoms in total. The molecule has 0 aliphatic rings. The van der Waals surface area contributed by atoms with Crippen molar-refractivity contribution in [1.29, 1.82) is 0 Å². The van der Waals surface area contributed by atoms with Gasteiger partial charge in [-0.25, -0.2) is 0 Å². The molecule has 0 heterocycles. The van der Waals surface area contributed by atoms with Gasteiger partial charge in [0.25, 0.3) is 5.97 Å². The van der Waals surface area contributed by atoms with Gasteiger partial charge >= 0.3 is 34.3 Å². The molecule has 0 aromatic rings. The predicted molar refractivity (Wildman–Crippen MR) is 104 cm³/mol. The summed E-state index contributed by atoms with van der Waals surface area (Å²) in [5.41, 5.74) is 0. The van der Waals surface area contributed by atoms with Gasteiger partial charge in [0.15, 0.2) is 0 Å². The summed E-state index contributed by atoms with van der Waals surface area (Å²) in [7, 11) is 1.47. The Hall–Kier alpha value is 0.418. The molecule has 0 saturated carbocycles. The Morgan fingerprint density at radius 1 is 0.682 bits per heavy atom. The van der Waals surface area contributed by atoms with E-state index in [1.54, 1.807) is 0 Å². The molecular formula is C18H40BBiO2. The molecule has 0 aliphatic heterocycles. The molecule has 0 unspecified atom stereocenters. The fourth-order valence-corrected chi connectivity index (χ4v) is 2.74. The van der Waals surface area contributed by atoms with Crippen LogP contribution in [0.25, 0.3) is 0 Å². The van der Waals surface area contributed by atoms with Crippen LogP contribution in [0, 0.1) is 0 Å². The number of carbonyl (C=O) groups is 1. The summed E-state index contributed by atoms with van der Waals surface area (Å²) < 4.78 is 4.63. The van der Waals surface area contributed by atoms with Crippen LogP contribution in [0.1, 0.15) is 110 Å². The topological polar surface area (TPSA) is 26.3 Å². The van der Waals surface area contributed by atoms with E-state index in [2.05, 4.69) is 11.6 Å². The molecule has 0 atom stereocenters. The Labute approximate surface area is 159 Å². The second kappa shape index (κ2) is 21.4. The van der Waals surface area contributed by atoms with Crippen LogP contribution in [0.4, 0.5) is 0 Å². The third-order valence-electron chi connectivity index (χ3n) is 4.21. The number of carbonyl (C=O) groups excluding carboxylic acids is 1. The van der Waals surface area contributed by atoms with Crippen molar-refractivity contribution in [3.63, 3.8) is 0 Å². The first kappa shape index (κ1) is 24.7. The maximum absolute atomic E-state index is 10.9. The van der Waals surface area contributed by atoms with Gasteiger partial charge in [-0.15, -0.1) is 0 Å². The Kier molecular flexibility index (Phi) is 24.0. The van der Waals surface area contributed by atoms with Crippen LogP contribution < -0.4 is 0 Å². The molecule has 0 aromatic carbocycles. The molecule has 4 heteroatoms. The monoisotopic (exact) mass is 508 g/mol. The Morgan fingerprint density at radius 2 is 1.00 bits per heavy atom. The van der Waals surface area contributed by atoms with Crippen LogP contribution in [0.5, 0.6) is 0 Å². The quantitative estimate of drug-likeness (QED) is 0.231. The van der Waals surface area contributed by atoms with E-state index in [0.29, 0.717) is 6.42 Å². The minimum atomic E-state index is -0.0651. The van der Waals surface area contributed by atoms with Crippen LogP contribution in [0.15, 0.2) is 0 Å². The van der Waals surface area contributed by atoms with Gasteiger partial charge in [-0.1, -0.05) is 96.8 Å². The van der Waals surface area contributed by atoms with E-state index in [0.717, 1.165) is 6.42 Å². The Bertz CT molecular complexity index is 225. The molecule has 0 radical (unpaired) electrons. The standard InChI is InChI=1S/C18H37BO2.Bi.3H/c1-2-3-4-5-6-7-8-9-10-11-12-13-14-15-16-17-18(20)21-19;;;;/h2-17,19H2,1H3;;;;. The van der Waals surface area contributed by atoms with Crippen molar-refractivity contribution in [1.82, 2.24) is 0 Å². The normalized spacial score (nSPS) is 10.2. The van der Waals surface area contributed by atoms with E-state index in [1.807, 2.05) is 0 Å². The summed E-state index contributed by atoms with van der Waals surface area (Å²) in [6, 6.07) is 0. The number of hydrogen-bond acceptors (Lipinski definition) is 2. The molecule has 0 fully saturated rings. The van der Waals surface area contributed by atoms with Crippen LogP contribution in [0.3, 0.4) is 0 Å². The summed E-state index contributed by atoms with van der Waals surface area (Å²) in [4.78, 5) is 10.9. The van der Waals surface area contributed by atoms with Crippen LogP contribution in [0.2, 0.25) is 0 Å². The predicted octanol–water partition coefficient (Wildman–Crippen LogP) is 4.16. The van der Waals surface area contributed by atoms with Crippen molar-refractivity contribution in [2.75, 3.05) is 0 Å². The van der Waals surface area contributed by atoms with Gasteiger partial charge in [0, 0.05) is 6.42 Å². The van der Waals surface area contributed by atoms with E-state index < -0.39 is 0 Å². The molecule has 0 aromatic heterocycles. The third-order valence-corrected chi connectivity index (χ3v) is 4.21. The summed E-state index contributed by atoms with van der Waals surface area (Å²) in [5.74, 6) is -0.0651. The van der Waals surface area contributed by atoms with Crippen molar-refractivity contribution < 1.29 is 9.45 Å². The fraction of sp³-hybridized carbons (Fsp3) is 0.944. The molecule has 0 aliphatic carbocycles. The van der Waals surface area contributed by atoms with E-state index in [4.69, 9.17) is 0 Å². The first-order valence-electron chi connectivity index (χ1n) is 9.38. The van der Waals surface area contributed by atoms with E-state index in [1.165, 1.54) is 97.9 Å². The molecule has 0 saturated heterocycles. The summed E-state index contributed by atoms with van der Waals surface area (Å²) in [6.07, 6.45) is 20.9. The van der Waals surface area contributed by atoms with Gasteiger partial charge in [0.05, 0.1) is 0 Å². The molecular weight excluding hydrogens is 468 g/mol. The van der Waals surface area contributed by atoms with Crippen molar-refractivity contribution in [3.8, 4) is 0 Å². The first-order chi connectivity index (χ1) is 10.3. The third kappa shape index (κ3) is 20.4. The zero-order chi connectivity index (χ0) is 15.6. The average molecular weight is 508 g/mol. The zero-order valence-corrected chi connectivity index (χ0v) is 20.8. The van der Waals surface area contributed by atoms with Gasteiger partial charge in [-0.2, -0.15) is 0 Å². The number of hydrogen-bond donors (Lipinski definition) is 0.